The number of anilines is 1. The van der Waals surface area contributed by atoms with Crippen molar-refractivity contribution in [2.24, 2.45) is 0 Å². The van der Waals surface area contributed by atoms with Gasteiger partial charge in [0.1, 0.15) is 5.82 Å². The molecule has 7 nitrogen and oxygen atoms in total. The predicted octanol–water partition coefficient (Wildman–Crippen LogP) is 3.87. The number of ether oxygens (including phenoxy) is 2. The molecule has 0 bridgehead atoms. The first kappa shape index (κ1) is 25.1. The summed E-state index contributed by atoms with van der Waals surface area (Å²) in [6.07, 6.45) is -5.23. The predicted molar refractivity (Wildman–Crippen MR) is 105 cm³/mol. The van der Waals surface area contributed by atoms with Crippen LogP contribution in [0.5, 0.6) is 5.88 Å². The molecule has 0 unspecified atom stereocenters. The zero-order valence-electron chi connectivity index (χ0n) is 16.6. The van der Waals surface area contributed by atoms with Gasteiger partial charge in [0, 0.05) is 23.2 Å². The summed E-state index contributed by atoms with van der Waals surface area (Å²) in [4.78, 5) is 38.2. The van der Waals surface area contributed by atoms with Crippen molar-refractivity contribution in [1.29, 1.82) is 0 Å². The lowest BCUT2D eigenvalue weighted by Crippen LogP contribution is -2.28. The normalized spacial score (nSPS) is 11.1. The number of nitrogens with one attached hydrogen (secondary N) is 1. The highest BCUT2D eigenvalue weighted by Crippen LogP contribution is 2.29. The second-order valence-electron chi connectivity index (χ2n) is 6.31. The van der Waals surface area contributed by atoms with Crippen LogP contribution in [-0.2, 0) is 25.5 Å². The second-order valence-corrected chi connectivity index (χ2v) is 6.71. The molecule has 1 aromatic heterocycles. The number of hydrogen-bond donors (Lipinski definition) is 1. The summed E-state index contributed by atoms with van der Waals surface area (Å²) in [6, 6.07) is 5.17. The molecule has 1 aromatic carbocycles. The number of carbonyl (C=O) groups is 3. The van der Waals surface area contributed by atoms with Crippen LogP contribution >= 0.6 is 11.6 Å². The summed E-state index contributed by atoms with van der Waals surface area (Å²) in [5.41, 5.74) is 0.275. The molecular formula is C20H17ClF4N2O5. The van der Waals surface area contributed by atoms with E-state index in [2.05, 4.69) is 4.98 Å². The van der Waals surface area contributed by atoms with Gasteiger partial charge in [-0.15, -0.1) is 0 Å². The van der Waals surface area contributed by atoms with Crippen LogP contribution in [0.2, 0.25) is 5.02 Å². The van der Waals surface area contributed by atoms with E-state index in [0.29, 0.717) is 5.56 Å². The number of carbonyl (C=O) groups excluding carboxylic acids is 3. The fourth-order valence-electron chi connectivity index (χ4n) is 2.49. The zero-order valence-corrected chi connectivity index (χ0v) is 17.3. The number of nitrogens with zero attached hydrogens (tertiary/aromatic N) is 1. The molecule has 0 saturated heterocycles. The average molecular weight is 477 g/mol. The number of halogens is 5. The summed E-state index contributed by atoms with van der Waals surface area (Å²) in [5.74, 6) is -5.12. The maximum Gasteiger partial charge on any atom is 0.450 e. The molecule has 172 valence electrons. The lowest BCUT2D eigenvalue weighted by atomic mass is 10.0. The molecule has 0 aliphatic heterocycles. The van der Waals surface area contributed by atoms with Crippen molar-refractivity contribution in [3.63, 3.8) is 0 Å². The minimum atomic E-state index is -5.18. The molecule has 32 heavy (non-hydrogen) atoms. The number of Topliss-reactive ketones (excluding diaryl/α,β-unsaturated/α-hetero) is 1. The van der Waals surface area contributed by atoms with E-state index >= 15 is 0 Å². The van der Waals surface area contributed by atoms with Crippen molar-refractivity contribution in [2.75, 3.05) is 18.5 Å². The van der Waals surface area contributed by atoms with E-state index in [1.54, 1.807) is 19.1 Å². The summed E-state index contributed by atoms with van der Waals surface area (Å²) in [7, 11) is 0. The molecule has 0 aliphatic rings. The third-order valence-corrected chi connectivity index (χ3v) is 4.26. The van der Waals surface area contributed by atoms with E-state index in [1.807, 2.05) is 5.32 Å². The number of amides is 1. The van der Waals surface area contributed by atoms with Crippen molar-refractivity contribution in [3.8, 4) is 5.88 Å². The Morgan fingerprint density at radius 1 is 1.19 bits per heavy atom. The standard InChI is InChI=1S/C20H17ClF4N2O5/c1-2-31-18(30)10-32-19-11(4-3-5-26-19)6-12-7-15(14(22)8-13(12)21)27-17(29)9-16(28)20(23,24)25/h3-5,7-8H,2,6,9-10H2,1H3,(H,27,29). The van der Waals surface area contributed by atoms with Gasteiger partial charge < -0.3 is 14.8 Å². The lowest BCUT2D eigenvalue weighted by molar-refractivity contribution is -0.171. The van der Waals surface area contributed by atoms with Crippen LogP contribution in [0.1, 0.15) is 24.5 Å². The quantitative estimate of drug-likeness (QED) is 0.335. The Hall–Kier alpha value is -3.21. The molecule has 1 amide bonds. The van der Waals surface area contributed by atoms with Crippen molar-refractivity contribution in [1.82, 2.24) is 4.98 Å². The third-order valence-electron chi connectivity index (χ3n) is 3.91. The van der Waals surface area contributed by atoms with Crippen molar-refractivity contribution in [2.45, 2.75) is 25.9 Å². The Bertz CT molecular complexity index is 1010. The largest absolute Gasteiger partial charge is 0.465 e. The maximum absolute atomic E-state index is 14.2. The minimum absolute atomic E-state index is 0.0233. The summed E-state index contributed by atoms with van der Waals surface area (Å²) < 4.78 is 61.2. The molecule has 1 N–H and O–H groups in total. The molecule has 0 atom stereocenters. The summed E-state index contributed by atoms with van der Waals surface area (Å²) in [6.45, 7) is 1.41. The van der Waals surface area contributed by atoms with Crippen LogP contribution < -0.4 is 10.1 Å². The monoisotopic (exact) mass is 476 g/mol. The highest BCUT2D eigenvalue weighted by molar-refractivity contribution is 6.31. The van der Waals surface area contributed by atoms with Gasteiger partial charge in [0.15, 0.2) is 6.61 Å². The Kier molecular flexibility index (Phi) is 8.53. The van der Waals surface area contributed by atoms with E-state index in [4.69, 9.17) is 21.1 Å². The fourth-order valence-corrected chi connectivity index (χ4v) is 2.71. The van der Waals surface area contributed by atoms with Crippen LogP contribution in [-0.4, -0.2) is 42.0 Å². The first-order valence-corrected chi connectivity index (χ1v) is 9.49. The molecule has 2 rings (SSSR count). The Morgan fingerprint density at radius 3 is 2.56 bits per heavy atom. The van der Waals surface area contributed by atoms with Gasteiger partial charge in [-0.05, 0) is 30.7 Å². The van der Waals surface area contributed by atoms with Gasteiger partial charge >= 0.3 is 12.1 Å². The van der Waals surface area contributed by atoms with E-state index in [-0.39, 0.29) is 29.5 Å². The number of ketones is 1. The first-order chi connectivity index (χ1) is 15.0. The first-order valence-electron chi connectivity index (χ1n) is 9.11. The Labute approximate surface area is 184 Å². The van der Waals surface area contributed by atoms with Gasteiger partial charge in [0.05, 0.1) is 18.7 Å². The van der Waals surface area contributed by atoms with Crippen molar-refractivity contribution in [3.05, 3.63) is 52.4 Å². The SMILES string of the molecule is CCOC(=O)COc1ncccc1Cc1cc(NC(=O)CC(=O)C(F)(F)F)c(F)cc1Cl. The van der Waals surface area contributed by atoms with Gasteiger partial charge in [-0.2, -0.15) is 13.2 Å². The topological polar surface area (TPSA) is 94.6 Å². The van der Waals surface area contributed by atoms with Crippen LogP contribution in [0.4, 0.5) is 23.2 Å². The van der Waals surface area contributed by atoms with E-state index in [0.717, 1.165) is 12.1 Å². The molecule has 0 aliphatic carbocycles. The summed E-state index contributed by atoms with van der Waals surface area (Å²) in [5, 5.41) is 1.90. The van der Waals surface area contributed by atoms with E-state index < -0.39 is 48.4 Å². The van der Waals surface area contributed by atoms with Gasteiger partial charge in [-0.25, -0.2) is 14.2 Å². The molecule has 0 saturated carbocycles. The maximum atomic E-state index is 14.2. The number of alkyl halides is 3. The van der Waals surface area contributed by atoms with Gasteiger partial charge in [-0.1, -0.05) is 17.7 Å². The molecule has 1 heterocycles. The van der Waals surface area contributed by atoms with Gasteiger partial charge in [0.2, 0.25) is 17.6 Å². The van der Waals surface area contributed by atoms with E-state index in [9.17, 15) is 31.9 Å². The lowest BCUT2D eigenvalue weighted by Gasteiger charge is -2.13. The number of pyridine rings is 1. The molecule has 12 heteroatoms. The molecule has 0 spiro atoms. The highest BCUT2D eigenvalue weighted by Gasteiger charge is 2.39. The minimum Gasteiger partial charge on any atom is -0.465 e. The second kappa shape index (κ2) is 10.9. The average Bonchev–Trinajstić information content (AvgIpc) is 2.70. The van der Waals surface area contributed by atoms with Crippen molar-refractivity contribution < 1.29 is 41.4 Å². The smallest absolute Gasteiger partial charge is 0.450 e. The number of benzene rings is 1. The van der Waals surface area contributed by atoms with Gasteiger partial charge in [0.25, 0.3) is 0 Å². The van der Waals surface area contributed by atoms with Crippen LogP contribution in [0.15, 0.2) is 30.5 Å². The number of rotatable bonds is 9. The number of esters is 1. The molecule has 2 aromatic rings. The Morgan fingerprint density at radius 2 is 1.91 bits per heavy atom. The molecule has 0 fully saturated rings. The summed E-state index contributed by atoms with van der Waals surface area (Å²) >= 11 is 6.06. The number of aromatic nitrogens is 1. The van der Waals surface area contributed by atoms with Crippen LogP contribution in [0, 0.1) is 5.82 Å². The molecular weight excluding hydrogens is 460 g/mol. The fraction of sp³-hybridized carbons (Fsp3) is 0.300. The van der Waals surface area contributed by atoms with Crippen molar-refractivity contribution >= 4 is 34.9 Å². The molecule has 0 radical (unpaired) electrons. The third kappa shape index (κ3) is 7.19. The van der Waals surface area contributed by atoms with Crippen LogP contribution in [0.25, 0.3) is 0 Å². The van der Waals surface area contributed by atoms with Gasteiger partial charge in [-0.3, -0.25) is 9.59 Å². The van der Waals surface area contributed by atoms with E-state index in [1.165, 1.54) is 6.20 Å². The Balaban J connectivity index is 2.19. The highest BCUT2D eigenvalue weighted by atomic mass is 35.5. The van der Waals surface area contributed by atoms with Crippen LogP contribution in [0.3, 0.4) is 0 Å². The number of hydrogen-bond acceptors (Lipinski definition) is 6. The zero-order chi connectivity index (χ0) is 23.9.